The number of hydrogen-bond acceptors (Lipinski definition) is 3. The molecule has 15 heavy (non-hydrogen) atoms. The van der Waals surface area contributed by atoms with Crippen molar-refractivity contribution in [3.63, 3.8) is 0 Å². The highest BCUT2D eigenvalue weighted by Crippen LogP contribution is 2.12. The minimum absolute atomic E-state index is 0.355. The molecule has 1 atom stereocenters. The first-order valence-corrected chi connectivity index (χ1v) is 9.91. The van der Waals surface area contributed by atoms with Gasteiger partial charge < -0.3 is 4.89 Å². The molecule has 0 aromatic rings. The smallest absolute Gasteiger partial charge is 0.305 e. The maximum absolute atomic E-state index is 11.5. The molecule has 88 valence electrons. The van der Waals surface area contributed by atoms with Crippen LogP contribution in [0.2, 0.25) is 25.2 Å². The number of rotatable bonds is 5. The third kappa shape index (κ3) is 7.52. The first-order valence-electron chi connectivity index (χ1n) is 5.34. The highest BCUT2D eigenvalue weighted by atomic mass is 28.4. The molecule has 0 aromatic heterocycles. The fraction of sp³-hybridized carbons (Fsp3) is 0.700. The third-order valence-electron chi connectivity index (χ3n) is 1.87. The second kappa shape index (κ2) is 6.24. The molecule has 1 unspecified atom stereocenters. The molecule has 0 radical (unpaired) electrons. The van der Waals surface area contributed by atoms with Crippen molar-refractivity contribution >= 4 is 24.5 Å². The summed E-state index contributed by atoms with van der Waals surface area (Å²) in [7, 11) is -0.713. The first kappa shape index (κ1) is 14.6. The highest BCUT2D eigenvalue weighted by molar-refractivity contribution is 6.69. The minimum atomic E-state index is -1.78. The summed E-state index contributed by atoms with van der Waals surface area (Å²) < 4.78 is 5.09. The minimum Gasteiger partial charge on any atom is -0.305 e. The van der Waals surface area contributed by atoms with Gasteiger partial charge in [0, 0.05) is 15.8 Å². The number of allylic oxidation sites excluding steroid dienone is 1. The van der Waals surface area contributed by atoms with Crippen LogP contribution in [0.4, 0.5) is 0 Å². The summed E-state index contributed by atoms with van der Waals surface area (Å²) in [5.74, 6) is -0.355. The molecule has 0 fully saturated rings. The molecule has 0 amide bonds. The van der Waals surface area contributed by atoms with Crippen LogP contribution in [0, 0.1) is 0 Å². The van der Waals surface area contributed by atoms with Crippen molar-refractivity contribution in [2.24, 2.45) is 0 Å². The summed E-state index contributed by atoms with van der Waals surface area (Å²) in [5, 5.41) is 0. The van der Waals surface area contributed by atoms with E-state index in [0.29, 0.717) is 11.1 Å². The van der Waals surface area contributed by atoms with Gasteiger partial charge >= 0.3 is 5.97 Å². The largest absolute Gasteiger partial charge is 0.367 e. The molecule has 0 rings (SSSR count). The van der Waals surface area contributed by atoms with E-state index < -0.39 is 8.32 Å². The molecule has 0 saturated carbocycles. The molecule has 0 heterocycles. The Hall–Kier alpha value is -0.396. The molecule has 0 aromatic carbocycles. The lowest BCUT2D eigenvalue weighted by molar-refractivity contribution is -0.214. The predicted molar refractivity (Wildman–Crippen MR) is 68.3 cm³/mol. The summed E-state index contributed by atoms with van der Waals surface area (Å²) >= 11 is 0. The zero-order chi connectivity index (χ0) is 12.1. The van der Waals surface area contributed by atoms with Crippen LogP contribution in [0.15, 0.2) is 11.6 Å². The van der Waals surface area contributed by atoms with Gasteiger partial charge in [-0.3, -0.25) is 0 Å². The normalized spacial score (nSPS) is 15.1. The van der Waals surface area contributed by atoms with Crippen LogP contribution in [0.1, 0.15) is 20.3 Å². The summed E-state index contributed by atoms with van der Waals surface area (Å²) in [6.07, 6.45) is 3.05. The van der Waals surface area contributed by atoms with Gasteiger partial charge in [0.05, 0.1) is 0 Å². The van der Waals surface area contributed by atoms with Gasteiger partial charge in [0.25, 0.3) is 0 Å². The molecule has 5 heteroatoms. The molecule has 0 aliphatic heterocycles. The van der Waals surface area contributed by atoms with Gasteiger partial charge in [-0.15, -0.1) is 0 Å². The van der Waals surface area contributed by atoms with Crippen molar-refractivity contribution in [1.82, 2.24) is 0 Å². The topological polar surface area (TPSA) is 35.5 Å². The van der Waals surface area contributed by atoms with Crippen LogP contribution in [0.5, 0.6) is 0 Å². The van der Waals surface area contributed by atoms with Crippen LogP contribution < -0.4 is 0 Å². The van der Waals surface area contributed by atoms with Gasteiger partial charge in [-0.05, 0) is 32.1 Å². The summed E-state index contributed by atoms with van der Waals surface area (Å²) in [4.78, 5) is 16.2. The summed E-state index contributed by atoms with van der Waals surface area (Å²) in [6, 6.07) is 0. The molecular weight excluding hydrogens is 224 g/mol. The van der Waals surface area contributed by atoms with E-state index in [1.165, 1.54) is 0 Å². The first-order chi connectivity index (χ1) is 6.76. The Kier molecular flexibility index (Phi) is 6.08. The van der Waals surface area contributed by atoms with E-state index in [4.69, 9.17) is 9.46 Å². The van der Waals surface area contributed by atoms with Crippen LogP contribution in [-0.2, 0) is 14.3 Å². The lowest BCUT2D eigenvalue weighted by Crippen LogP contribution is -2.27. The quantitative estimate of drug-likeness (QED) is 0.321. The SMILES string of the molecule is CCC([SiH3])C=C(C)C(=O)OO[Si](C)(C)C. The Morgan fingerprint density at radius 1 is 1.47 bits per heavy atom. The van der Waals surface area contributed by atoms with E-state index in [0.717, 1.165) is 16.7 Å². The Morgan fingerprint density at radius 3 is 2.40 bits per heavy atom. The fourth-order valence-corrected chi connectivity index (χ4v) is 1.67. The van der Waals surface area contributed by atoms with E-state index in [1.807, 2.05) is 25.7 Å². The van der Waals surface area contributed by atoms with Gasteiger partial charge in [-0.25, -0.2) is 9.37 Å². The highest BCUT2D eigenvalue weighted by Gasteiger charge is 2.19. The molecule has 0 bridgehead atoms. The monoisotopic (exact) mass is 246 g/mol. The molecule has 0 aliphatic carbocycles. The summed E-state index contributed by atoms with van der Waals surface area (Å²) in [5.41, 5.74) is 1.18. The standard InChI is InChI=1S/C10H22O3Si2/c1-6-9(14)7-8(2)10(11)12-13-15(3,4)5/h7,9H,6H2,1-5,14H3. The molecular formula is C10H22O3Si2. The Morgan fingerprint density at radius 2 is 2.00 bits per heavy atom. The van der Waals surface area contributed by atoms with Crippen LogP contribution in [0.25, 0.3) is 0 Å². The average Bonchev–Trinajstić information content (AvgIpc) is 2.12. The van der Waals surface area contributed by atoms with Crippen molar-refractivity contribution in [3.8, 4) is 0 Å². The fourth-order valence-electron chi connectivity index (χ4n) is 0.841. The summed E-state index contributed by atoms with van der Waals surface area (Å²) in [6.45, 7) is 9.81. The van der Waals surface area contributed by atoms with E-state index in [2.05, 4.69) is 6.92 Å². The van der Waals surface area contributed by atoms with Crippen molar-refractivity contribution in [1.29, 1.82) is 0 Å². The second-order valence-electron chi connectivity index (χ2n) is 4.80. The maximum Gasteiger partial charge on any atom is 0.367 e. The Balaban J connectivity index is 4.17. The molecule has 0 saturated heterocycles. The van der Waals surface area contributed by atoms with Gasteiger partial charge in [-0.2, -0.15) is 0 Å². The van der Waals surface area contributed by atoms with Gasteiger partial charge in [0.15, 0.2) is 0 Å². The Labute approximate surface area is 96.3 Å². The van der Waals surface area contributed by atoms with Crippen molar-refractivity contribution in [3.05, 3.63) is 11.6 Å². The van der Waals surface area contributed by atoms with E-state index in [1.54, 1.807) is 6.92 Å². The van der Waals surface area contributed by atoms with E-state index in [-0.39, 0.29) is 5.97 Å². The van der Waals surface area contributed by atoms with Crippen LogP contribution in [0.3, 0.4) is 0 Å². The van der Waals surface area contributed by atoms with E-state index >= 15 is 0 Å². The van der Waals surface area contributed by atoms with Gasteiger partial charge in [0.1, 0.15) is 0 Å². The average molecular weight is 246 g/mol. The molecule has 0 aliphatic rings. The van der Waals surface area contributed by atoms with Gasteiger partial charge in [-0.1, -0.05) is 19.4 Å². The second-order valence-corrected chi connectivity index (χ2v) is 10.7. The third-order valence-corrected chi connectivity index (χ3v) is 3.60. The van der Waals surface area contributed by atoms with Gasteiger partial charge in [0.2, 0.25) is 8.32 Å². The predicted octanol–water partition coefficient (Wildman–Crippen LogP) is 1.81. The van der Waals surface area contributed by atoms with Crippen molar-refractivity contribution in [2.45, 2.75) is 45.5 Å². The molecule has 3 nitrogen and oxygen atoms in total. The van der Waals surface area contributed by atoms with Crippen molar-refractivity contribution < 1.29 is 14.3 Å². The molecule has 0 N–H and O–H groups in total. The maximum atomic E-state index is 11.5. The Bertz CT molecular complexity index is 244. The lowest BCUT2D eigenvalue weighted by Gasteiger charge is -2.14. The number of carbonyl (C=O) groups is 1. The van der Waals surface area contributed by atoms with Crippen LogP contribution >= 0.6 is 0 Å². The van der Waals surface area contributed by atoms with Crippen molar-refractivity contribution in [2.75, 3.05) is 0 Å². The number of hydrogen-bond donors (Lipinski definition) is 0. The zero-order valence-electron chi connectivity index (χ0n) is 10.6. The van der Waals surface area contributed by atoms with Crippen LogP contribution in [-0.4, -0.2) is 24.5 Å². The number of carbonyl (C=O) groups excluding carboxylic acids is 1. The van der Waals surface area contributed by atoms with E-state index in [9.17, 15) is 4.79 Å². The lowest BCUT2D eigenvalue weighted by atomic mass is 10.2. The zero-order valence-corrected chi connectivity index (χ0v) is 13.6. The molecule has 0 spiro atoms.